The number of nitrogens with one attached hydrogen (secondary N) is 3. The average Bonchev–Trinajstić information content (AvgIpc) is 2.77. The lowest BCUT2D eigenvalue weighted by Gasteiger charge is -2.26. The summed E-state index contributed by atoms with van der Waals surface area (Å²) < 4.78 is 13.6. The molecule has 1 aliphatic heterocycles. The van der Waals surface area contributed by atoms with E-state index >= 15 is 0 Å². The van der Waals surface area contributed by atoms with Gasteiger partial charge in [-0.05, 0) is 30.9 Å². The Morgan fingerprint density at radius 1 is 1.26 bits per heavy atom. The quantitative estimate of drug-likeness (QED) is 0.802. The number of benzene rings is 1. The van der Waals surface area contributed by atoms with Crippen LogP contribution in [0.15, 0.2) is 24.3 Å². The van der Waals surface area contributed by atoms with Crippen molar-refractivity contribution in [1.82, 2.24) is 15.8 Å². The summed E-state index contributed by atoms with van der Waals surface area (Å²) in [5.41, 5.74) is 6.94. The van der Waals surface area contributed by atoms with E-state index in [2.05, 4.69) is 16.2 Å². The summed E-state index contributed by atoms with van der Waals surface area (Å²) in [4.78, 5) is 13.9. The van der Waals surface area contributed by atoms with Crippen molar-refractivity contribution >= 4 is 11.7 Å². The van der Waals surface area contributed by atoms with Crippen molar-refractivity contribution in [2.75, 3.05) is 18.9 Å². The monoisotopic (exact) mass is 320 g/mol. The Bertz CT molecular complexity index is 553. The van der Waals surface area contributed by atoms with Gasteiger partial charge < -0.3 is 10.2 Å². The molecule has 2 aliphatic rings. The van der Waals surface area contributed by atoms with Crippen LogP contribution in [0.3, 0.4) is 0 Å². The Morgan fingerprint density at radius 3 is 2.87 bits per heavy atom. The maximum atomic E-state index is 13.6. The van der Waals surface area contributed by atoms with Crippen LogP contribution in [0.25, 0.3) is 0 Å². The number of nitrogens with zero attached hydrogens (tertiary/aromatic N) is 1. The number of fused-ring (bicyclic) bond motifs is 1. The van der Waals surface area contributed by atoms with E-state index in [1.54, 1.807) is 30.1 Å². The molecule has 3 atom stereocenters. The fourth-order valence-electron chi connectivity index (χ4n) is 3.65. The van der Waals surface area contributed by atoms with Gasteiger partial charge in [-0.25, -0.2) is 9.18 Å². The maximum Gasteiger partial charge on any atom is 0.321 e. The molecule has 1 aliphatic carbocycles. The number of para-hydroxylation sites is 1. The summed E-state index contributed by atoms with van der Waals surface area (Å²) in [6.07, 6.45) is 6.21. The van der Waals surface area contributed by atoms with Crippen molar-refractivity contribution in [3.05, 3.63) is 30.1 Å². The van der Waals surface area contributed by atoms with Gasteiger partial charge in [-0.1, -0.05) is 31.4 Å². The van der Waals surface area contributed by atoms with E-state index in [0.717, 1.165) is 0 Å². The van der Waals surface area contributed by atoms with Crippen LogP contribution < -0.4 is 16.2 Å². The molecule has 1 heterocycles. The lowest BCUT2D eigenvalue weighted by molar-refractivity contribution is 0.212. The molecule has 6 heteroatoms. The molecule has 1 saturated heterocycles. The first-order valence-corrected chi connectivity index (χ1v) is 8.43. The van der Waals surface area contributed by atoms with E-state index in [1.807, 2.05) is 0 Å². The fourth-order valence-corrected chi connectivity index (χ4v) is 3.65. The summed E-state index contributed by atoms with van der Waals surface area (Å²) >= 11 is 0. The second-order valence-corrected chi connectivity index (χ2v) is 6.59. The number of amides is 2. The molecule has 1 saturated carbocycles. The second kappa shape index (κ2) is 7.27. The van der Waals surface area contributed by atoms with Gasteiger partial charge in [0.25, 0.3) is 0 Å². The van der Waals surface area contributed by atoms with Crippen LogP contribution in [0.2, 0.25) is 0 Å². The third-order valence-electron chi connectivity index (χ3n) is 4.97. The highest BCUT2D eigenvalue weighted by Gasteiger charge is 2.37. The minimum Gasteiger partial charge on any atom is -0.326 e. The first kappa shape index (κ1) is 16.2. The molecule has 5 nitrogen and oxygen atoms in total. The van der Waals surface area contributed by atoms with Gasteiger partial charge in [0.05, 0.1) is 5.69 Å². The molecular weight excluding hydrogens is 295 g/mol. The molecule has 3 N–H and O–H groups in total. The largest absolute Gasteiger partial charge is 0.326 e. The van der Waals surface area contributed by atoms with Crippen molar-refractivity contribution in [1.29, 1.82) is 0 Å². The van der Waals surface area contributed by atoms with Crippen LogP contribution in [0.4, 0.5) is 14.9 Å². The van der Waals surface area contributed by atoms with E-state index in [-0.39, 0.29) is 17.8 Å². The molecule has 1 aromatic rings. The lowest BCUT2D eigenvalue weighted by atomic mass is 9.90. The van der Waals surface area contributed by atoms with Gasteiger partial charge in [0.1, 0.15) is 5.82 Å². The van der Waals surface area contributed by atoms with E-state index in [1.165, 1.54) is 38.2 Å². The SMILES string of the molecule is CN(CC1NNC2CCCCCC21)C(=O)Nc1ccccc1F. The van der Waals surface area contributed by atoms with Crippen molar-refractivity contribution in [3.63, 3.8) is 0 Å². The van der Waals surface area contributed by atoms with E-state index in [4.69, 9.17) is 0 Å². The molecule has 3 rings (SSSR count). The summed E-state index contributed by atoms with van der Waals surface area (Å²) in [6, 6.07) is 6.69. The smallest absolute Gasteiger partial charge is 0.321 e. The number of carbonyl (C=O) groups is 1. The van der Waals surface area contributed by atoms with Gasteiger partial charge in [-0.3, -0.25) is 10.9 Å². The predicted molar refractivity (Wildman–Crippen MR) is 88.5 cm³/mol. The minimum absolute atomic E-state index is 0.217. The Morgan fingerprint density at radius 2 is 2.04 bits per heavy atom. The normalized spacial score (nSPS) is 27.1. The summed E-state index contributed by atoms with van der Waals surface area (Å²) in [7, 11) is 1.75. The molecule has 1 aromatic carbocycles. The highest BCUT2D eigenvalue weighted by Crippen LogP contribution is 2.29. The van der Waals surface area contributed by atoms with E-state index < -0.39 is 5.82 Å². The Balaban J connectivity index is 1.57. The summed E-state index contributed by atoms with van der Waals surface area (Å²) in [6.45, 7) is 0.606. The number of anilines is 1. The summed E-state index contributed by atoms with van der Waals surface area (Å²) in [5.74, 6) is 0.139. The molecule has 2 fully saturated rings. The van der Waals surface area contributed by atoms with Gasteiger partial charge in [0.15, 0.2) is 0 Å². The number of rotatable bonds is 3. The Kier molecular flexibility index (Phi) is 5.13. The minimum atomic E-state index is -0.418. The predicted octanol–water partition coefficient (Wildman–Crippen LogP) is 2.71. The van der Waals surface area contributed by atoms with Crippen molar-refractivity contribution in [2.24, 2.45) is 5.92 Å². The van der Waals surface area contributed by atoms with Gasteiger partial charge >= 0.3 is 6.03 Å². The molecule has 0 radical (unpaired) electrons. The molecule has 0 bridgehead atoms. The number of hydrogen-bond donors (Lipinski definition) is 3. The lowest BCUT2D eigenvalue weighted by Crippen LogP contribution is -2.44. The maximum absolute atomic E-state index is 13.6. The van der Waals surface area contributed by atoms with E-state index in [0.29, 0.717) is 18.5 Å². The molecule has 2 amide bonds. The second-order valence-electron chi connectivity index (χ2n) is 6.59. The van der Waals surface area contributed by atoms with E-state index in [9.17, 15) is 9.18 Å². The third kappa shape index (κ3) is 3.82. The van der Waals surface area contributed by atoms with Crippen molar-refractivity contribution in [2.45, 2.75) is 44.2 Å². The van der Waals surface area contributed by atoms with Gasteiger partial charge in [0, 0.05) is 25.7 Å². The Labute approximate surface area is 136 Å². The van der Waals surface area contributed by atoms with Gasteiger partial charge in [0.2, 0.25) is 0 Å². The van der Waals surface area contributed by atoms with Crippen LogP contribution in [0.1, 0.15) is 32.1 Å². The molecule has 0 aromatic heterocycles. The standard InChI is InChI=1S/C17H25FN4O/c1-22(17(23)19-15-10-6-5-8-13(15)18)11-16-12-7-3-2-4-9-14(12)20-21-16/h5-6,8,10,12,14,16,20-21H,2-4,7,9,11H2,1H3,(H,19,23). The molecular formula is C17H25FN4O. The average molecular weight is 320 g/mol. The third-order valence-corrected chi connectivity index (χ3v) is 4.97. The highest BCUT2D eigenvalue weighted by molar-refractivity contribution is 5.89. The highest BCUT2D eigenvalue weighted by atomic mass is 19.1. The number of hydrazine groups is 1. The van der Waals surface area contributed by atoms with Crippen LogP contribution in [-0.2, 0) is 0 Å². The molecule has 3 unspecified atom stereocenters. The number of likely N-dealkylation sites (N-methyl/N-ethyl adjacent to an activating group) is 1. The summed E-state index contributed by atoms with van der Waals surface area (Å²) in [5, 5.41) is 2.63. The van der Waals surface area contributed by atoms with Gasteiger partial charge in [-0.15, -0.1) is 0 Å². The molecule has 126 valence electrons. The number of hydrogen-bond acceptors (Lipinski definition) is 3. The van der Waals surface area contributed by atoms with Crippen LogP contribution in [0.5, 0.6) is 0 Å². The van der Waals surface area contributed by atoms with Gasteiger partial charge in [-0.2, -0.15) is 0 Å². The first-order valence-electron chi connectivity index (χ1n) is 8.43. The van der Waals surface area contributed by atoms with Crippen molar-refractivity contribution < 1.29 is 9.18 Å². The topological polar surface area (TPSA) is 56.4 Å². The number of halogens is 1. The number of carbonyl (C=O) groups excluding carboxylic acids is 1. The molecule has 0 spiro atoms. The molecule has 23 heavy (non-hydrogen) atoms. The fraction of sp³-hybridized carbons (Fsp3) is 0.588. The van der Waals surface area contributed by atoms with Crippen LogP contribution in [0, 0.1) is 11.7 Å². The zero-order valence-electron chi connectivity index (χ0n) is 13.5. The Hall–Kier alpha value is -1.66. The van der Waals surface area contributed by atoms with Crippen LogP contribution >= 0.6 is 0 Å². The van der Waals surface area contributed by atoms with Crippen molar-refractivity contribution in [3.8, 4) is 0 Å². The zero-order valence-corrected chi connectivity index (χ0v) is 13.5. The first-order chi connectivity index (χ1) is 11.1. The zero-order chi connectivity index (χ0) is 16.2. The number of urea groups is 1. The van der Waals surface area contributed by atoms with Crippen LogP contribution in [-0.4, -0.2) is 36.6 Å².